The van der Waals surface area contributed by atoms with Gasteiger partial charge in [0, 0.05) is 11.6 Å². The Morgan fingerprint density at radius 2 is 1.30 bits per heavy atom. The number of fused-ring (bicyclic) bond motifs is 1. The number of rotatable bonds is 2. The second-order valence-electron chi connectivity index (χ2n) is 7.91. The highest BCUT2D eigenvalue weighted by Gasteiger charge is 2.14. The molecule has 0 aliphatic carbocycles. The van der Waals surface area contributed by atoms with E-state index in [2.05, 4.69) is 32.9 Å². The van der Waals surface area contributed by atoms with E-state index in [9.17, 15) is 26.7 Å². The summed E-state index contributed by atoms with van der Waals surface area (Å²) >= 11 is 0. The molecule has 0 amide bonds. The lowest BCUT2D eigenvalue weighted by atomic mass is 9.93. The van der Waals surface area contributed by atoms with E-state index in [0.717, 1.165) is 23.3 Å². The second-order valence-corrected chi connectivity index (χ2v) is 7.91. The van der Waals surface area contributed by atoms with E-state index in [0.29, 0.717) is 6.07 Å². The second kappa shape index (κ2) is 9.53. The highest BCUT2D eigenvalue weighted by Crippen LogP contribution is 2.29. The van der Waals surface area contributed by atoms with Crippen molar-refractivity contribution in [1.82, 2.24) is 0 Å². The van der Waals surface area contributed by atoms with Crippen molar-refractivity contribution in [2.45, 2.75) is 27.7 Å². The van der Waals surface area contributed by atoms with Gasteiger partial charge in [-0.05, 0) is 79.6 Å². The van der Waals surface area contributed by atoms with E-state index in [1.165, 1.54) is 35.7 Å². The van der Waals surface area contributed by atoms with Crippen LogP contribution in [0.2, 0.25) is 0 Å². The number of carbonyl (C=O) groups is 1. The van der Waals surface area contributed by atoms with E-state index in [-0.39, 0.29) is 21.9 Å². The van der Waals surface area contributed by atoms with Gasteiger partial charge in [0.05, 0.1) is 10.9 Å². The Kier molecular flexibility index (Phi) is 6.96. The summed E-state index contributed by atoms with van der Waals surface area (Å²) in [6.45, 7) is 7.38. The summed E-state index contributed by atoms with van der Waals surface area (Å²) in [5.41, 5.74) is 5.59. The molecule has 0 aliphatic heterocycles. The van der Waals surface area contributed by atoms with Crippen LogP contribution < -0.4 is 0 Å². The van der Waals surface area contributed by atoms with Crippen LogP contribution in [0, 0.1) is 51.0 Å². The van der Waals surface area contributed by atoms with Crippen molar-refractivity contribution in [2.24, 2.45) is 0 Å². The first-order chi connectivity index (χ1) is 15.5. The molecular formula is C27H21F5O. The molecular weight excluding hydrogens is 435 g/mol. The van der Waals surface area contributed by atoms with Crippen molar-refractivity contribution in [3.63, 3.8) is 0 Å². The van der Waals surface area contributed by atoms with Gasteiger partial charge >= 0.3 is 6.04 Å². The number of hydrogen-bond acceptors (Lipinski definition) is 1. The molecule has 0 saturated carbocycles. The molecule has 0 aromatic heterocycles. The molecule has 0 spiro atoms. The van der Waals surface area contributed by atoms with Gasteiger partial charge in [-0.25, -0.2) is 17.6 Å². The Labute approximate surface area is 188 Å². The van der Waals surface area contributed by atoms with Gasteiger partial charge in [0.2, 0.25) is 0 Å². The van der Waals surface area contributed by atoms with Gasteiger partial charge in [0.25, 0.3) is 0 Å². The van der Waals surface area contributed by atoms with Crippen LogP contribution in [0.15, 0.2) is 54.6 Å². The Morgan fingerprint density at radius 3 is 1.85 bits per heavy atom. The third kappa shape index (κ3) is 5.11. The van der Waals surface area contributed by atoms with E-state index < -0.39 is 29.3 Å². The van der Waals surface area contributed by atoms with Crippen molar-refractivity contribution in [3.8, 4) is 11.1 Å². The first-order valence-corrected chi connectivity index (χ1v) is 10.1. The average Bonchev–Trinajstić information content (AvgIpc) is 2.71. The molecule has 0 radical (unpaired) electrons. The lowest BCUT2D eigenvalue weighted by Gasteiger charge is -2.11. The minimum absolute atomic E-state index is 0.0983. The fourth-order valence-corrected chi connectivity index (χ4v) is 3.88. The molecule has 33 heavy (non-hydrogen) atoms. The van der Waals surface area contributed by atoms with E-state index in [1.807, 2.05) is 0 Å². The van der Waals surface area contributed by atoms with E-state index in [4.69, 9.17) is 0 Å². The van der Waals surface area contributed by atoms with Crippen molar-refractivity contribution < 1.29 is 26.7 Å². The summed E-state index contributed by atoms with van der Waals surface area (Å²) in [6, 6.07) is 11.9. The standard InChI is InChI=1S/C16H15FO.C11H6F4/c1-10-8-11(2)15(12(3)9-10)13-4-6-14(7-5-13)16(17)18;1-5-8(13)3-6-2-7(12)4-9(14)10(6)11(5)15/h4-9H,1-3H3;2-4H,1H3. The van der Waals surface area contributed by atoms with Crippen molar-refractivity contribution >= 4 is 16.8 Å². The zero-order valence-electron chi connectivity index (χ0n) is 18.5. The molecule has 4 aromatic carbocycles. The smallest absolute Gasteiger partial charge is 0.255 e. The normalized spacial score (nSPS) is 10.7. The zero-order valence-corrected chi connectivity index (χ0v) is 18.5. The predicted molar refractivity (Wildman–Crippen MR) is 120 cm³/mol. The Bertz CT molecular complexity index is 1330. The predicted octanol–water partition coefficient (Wildman–Crippen LogP) is 8.09. The third-order valence-corrected chi connectivity index (χ3v) is 5.35. The summed E-state index contributed by atoms with van der Waals surface area (Å²) < 4.78 is 65.1. The maximum Gasteiger partial charge on any atom is 0.332 e. The van der Waals surface area contributed by atoms with Crippen molar-refractivity contribution in [1.29, 1.82) is 0 Å². The highest BCUT2D eigenvalue weighted by molar-refractivity contribution is 5.89. The van der Waals surface area contributed by atoms with Crippen LogP contribution in [0.4, 0.5) is 22.0 Å². The number of hydrogen-bond donors (Lipinski definition) is 0. The molecule has 0 unspecified atom stereocenters. The van der Waals surface area contributed by atoms with Gasteiger partial charge in [-0.15, -0.1) is 0 Å². The van der Waals surface area contributed by atoms with E-state index in [1.54, 1.807) is 12.1 Å². The van der Waals surface area contributed by atoms with Gasteiger partial charge in [-0.2, -0.15) is 4.39 Å². The summed E-state index contributed by atoms with van der Waals surface area (Å²) in [6.07, 6.45) is 0. The van der Waals surface area contributed by atoms with Gasteiger partial charge in [-0.1, -0.05) is 29.8 Å². The van der Waals surface area contributed by atoms with Crippen LogP contribution in [-0.4, -0.2) is 6.04 Å². The van der Waals surface area contributed by atoms with Crippen molar-refractivity contribution in [2.75, 3.05) is 0 Å². The minimum Gasteiger partial charge on any atom is -0.255 e. The van der Waals surface area contributed by atoms with Crippen LogP contribution in [-0.2, 0) is 0 Å². The van der Waals surface area contributed by atoms with Crippen LogP contribution in [0.25, 0.3) is 21.9 Å². The monoisotopic (exact) mass is 456 g/mol. The zero-order chi connectivity index (χ0) is 24.4. The average molecular weight is 456 g/mol. The molecule has 0 saturated heterocycles. The summed E-state index contributed by atoms with van der Waals surface area (Å²) in [5.74, 6) is -3.68. The van der Waals surface area contributed by atoms with Crippen LogP contribution in [0.1, 0.15) is 32.6 Å². The molecule has 0 atom stereocenters. The Morgan fingerprint density at radius 1 is 0.727 bits per heavy atom. The van der Waals surface area contributed by atoms with Gasteiger partial charge < -0.3 is 0 Å². The summed E-state index contributed by atoms with van der Waals surface area (Å²) in [7, 11) is 0. The van der Waals surface area contributed by atoms with Gasteiger partial charge in [0.15, 0.2) is 0 Å². The Balaban J connectivity index is 0.000000189. The molecule has 0 heterocycles. The fourth-order valence-electron chi connectivity index (χ4n) is 3.88. The van der Waals surface area contributed by atoms with Crippen LogP contribution in [0.3, 0.4) is 0 Å². The summed E-state index contributed by atoms with van der Waals surface area (Å²) in [4.78, 5) is 10.6. The minimum atomic E-state index is -1.39. The third-order valence-electron chi connectivity index (χ3n) is 5.35. The van der Waals surface area contributed by atoms with Crippen LogP contribution in [0.5, 0.6) is 0 Å². The maximum atomic E-state index is 13.4. The summed E-state index contributed by atoms with van der Waals surface area (Å²) in [5, 5.41) is -0.497. The topological polar surface area (TPSA) is 17.1 Å². The van der Waals surface area contributed by atoms with Crippen molar-refractivity contribution in [3.05, 3.63) is 106 Å². The first kappa shape index (κ1) is 24.1. The fraction of sp³-hybridized carbons (Fsp3) is 0.148. The lowest BCUT2D eigenvalue weighted by molar-refractivity contribution is 0.0836. The maximum absolute atomic E-state index is 13.4. The van der Waals surface area contributed by atoms with E-state index >= 15 is 0 Å². The molecule has 0 bridgehead atoms. The number of carbonyl (C=O) groups excluding carboxylic acids is 1. The Hall–Kier alpha value is -3.54. The van der Waals surface area contributed by atoms with Gasteiger partial charge in [0.1, 0.15) is 23.3 Å². The number of halogens is 5. The highest BCUT2D eigenvalue weighted by atomic mass is 19.2. The molecule has 4 aromatic rings. The molecule has 4 rings (SSSR count). The first-order valence-electron chi connectivity index (χ1n) is 10.1. The SMILES string of the molecule is Cc1c(F)cc2cc(F)cc(F)c2c1F.Cc1cc(C)c(-c2ccc(C(=O)F)cc2)c(C)c1. The molecule has 170 valence electrons. The molecule has 1 nitrogen and oxygen atoms in total. The largest absolute Gasteiger partial charge is 0.332 e. The molecule has 6 heteroatoms. The molecule has 0 aliphatic rings. The number of benzene rings is 4. The number of aryl methyl sites for hydroxylation is 3. The quantitative estimate of drug-likeness (QED) is 0.220. The van der Waals surface area contributed by atoms with Gasteiger partial charge in [-0.3, -0.25) is 4.79 Å². The molecule has 0 fully saturated rings. The molecule has 0 N–H and O–H groups in total. The van der Waals surface area contributed by atoms with Crippen LogP contribution >= 0.6 is 0 Å². The lowest BCUT2D eigenvalue weighted by Crippen LogP contribution is -1.94.